The van der Waals surface area contributed by atoms with Gasteiger partial charge < -0.3 is 4.74 Å². The lowest BCUT2D eigenvalue weighted by atomic mass is 10.2. The number of rotatable bonds is 9. The van der Waals surface area contributed by atoms with E-state index in [-0.39, 0.29) is 5.56 Å². The number of methoxy groups -OCH3 is 1. The van der Waals surface area contributed by atoms with Crippen LogP contribution in [0.15, 0.2) is 9.95 Å². The zero-order valence-corrected chi connectivity index (χ0v) is 17.8. The smallest absolute Gasteiger partial charge is 0.263 e. The Morgan fingerprint density at radius 1 is 1.29 bits per heavy atom. The highest BCUT2D eigenvalue weighted by atomic mass is 32.2. The number of aryl methyl sites for hydroxylation is 3. The maximum atomic E-state index is 13.3. The van der Waals surface area contributed by atoms with E-state index < -0.39 is 0 Å². The van der Waals surface area contributed by atoms with Gasteiger partial charge in [-0.25, -0.2) is 9.67 Å². The molecule has 0 fully saturated rings. The van der Waals surface area contributed by atoms with Crippen molar-refractivity contribution in [1.29, 1.82) is 0 Å². The molecule has 0 saturated carbocycles. The van der Waals surface area contributed by atoms with Gasteiger partial charge in [0, 0.05) is 18.5 Å². The molecule has 0 unspecified atom stereocenters. The average molecular weight is 421 g/mol. The van der Waals surface area contributed by atoms with Gasteiger partial charge in [-0.15, -0.1) is 16.4 Å². The van der Waals surface area contributed by atoms with Gasteiger partial charge in [0.25, 0.3) is 5.56 Å². The molecule has 0 aromatic carbocycles. The molecule has 8 nitrogen and oxygen atoms in total. The van der Waals surface area contributed by atoms with E-state index in [0.29, 0.717) is 24.1 Å². The van der Waals surface area contributed by atoms with Gasteiger partial charge in [0.1, 0.15) is 4.83 Å². The first kappa shape index (κ1) is 19.5. The molecular weight excluding hydrogens is 396 g/mol. The lowest BCUT2D eigenvalue weighted by Crippen LogP contribution is -2.25. The van der Waals surface area contributed by atoms with E-state index in [1.54, 1.807) is 23.0 Å². The molecule has 1 aliphatic rings. The molecule has 0 radical (unpaired) electrons. The van der Waals surface area contributed by atoms with E-state index in [4.69, 9.17) is 9.72 Å². The van der Waals surface area contributed by atoms with Crippen LogP contribution >= 0.6 is 23.1 Å². The fourth-order valence-electron chi connectivity index (χ4n) is 3.49. The molecule has 4 rings (SSSR count). The summed E-state index contributed by atoms with van der Waals surface area (Å²) in [4.78, 5) is 20.3. The second-order valence-electron chi connectivity index (χ2n) is 6.84. The van der Waals surface area contributed by atoms with Gasteiger partial charge in [-0.05, 0) is 41.7 Å². The zero-order chi connectivity index (χ0) is 19.5. The normalized spacial score (nSPS) is 13.5. The molecule has 0 N–H and O–H groups in total. The Kier molecular flexibility index (Phi) is 6.07. The van der Waals surface area contributed by atoms with Crippen LogP contribution in [0.25, 0.3) is 10.2 Å². The molecule has 3 aromatic heterocycles. The van der Waals surface area contributed by atoms with Crippen LogP contribution in [0.1, 0.15) is 42.5 Å². The topological polar surface area (TPSA) is 87.7 Å². The molecule has 0 spiro atoms. The summed E-state index contributed by atoms with van der Waals surface area (Å²) in [5.74, 6) is 1.38. The van der Waals surface area contributed by atoms with Crippen LogP contribution in [0, 0.1) is 0 Å². The Bertz CT molecular complexity index is 1030. The number of hydrogen-bond acceptors (Lipinski definition) is 8. The molecule has 3 heterocycles. The molecule has 3 aromatic rings. The monoisotopic (exact) mass is 420 g/mol. The Morgan fingerprint density at radius 3 is 3.00 bits per heavy atom. The number of hydrogen-bond donors (Lipinski definition) is 0. The average Bonchev–Trinajstić information content (AvgIpc) is 3.39. The van der Waals surface area contributed by atoms with Crippen molar-refractivity contribution in [2.75, 3.05) is 13.7 Å². The number of ether oxygens (including phenoxy) is 1. The van der Waals surface area contributed by atoms with E-state index in [1.807, 2.05) is 4.68 Å². The summed E-state index contributed by atoms with van der Waals surface area (Å²) in [5, 5.41) is 13.5. The zero-order valence-electron chi connectivity index (χ0n) is 16.2. The predicted molar refractivity (Wildman–Crippen MR) is 110 cm³/mol. The highest BCUT2D eigenvalue weighted by molar-refractivity contribution is 7.98. The highest BCUT2D eigenvalue weighted by Crippen LogP contribution is 2.35. The number of nitrogens with zero attached hydrogens (tertiary/aromatic N) is 6. The molecule has 0 saturated heterocycles. The van der Waals surface area contributed by atoms with Crippen molar-refractivity contribution >= 4 is 33.3 Å². The van der Waals surface area contributed by atoms with Gasteiger partial charge in [-0.3, -0.25) is 9.36 Å². The summed E-state index contributed by atoms with van der Waals surface area (Å²) in [5.41, 5.74) is 1.26. The minimum Gasteiger partial charge on any atom is -0.383 e. The third-order valence-electron chi connectivity index (χ3n) is 4.97. The first-order valence-electron chi connectivity index (χ1n) is 9.64. The number of tetrazole rings is 1. The molecule has 10 heteroatoms. The summed E-state index contributed by atoms with van der Waals surface area (Å²) < 4.78 is 8.82. The predicted octanol–water partition coefficient (Wildman–Crippen LogP) is 2.67. The Morgan fingerprint density at radius 2 is 2.18 bits per heavy atom. The molecule has 150 valence electrons. The second kappa shape index (κ2) is 8.71. The number of unbranched alkanes of at least 4 members (excludes halogenated alkanes) is 1. The van der Waals surface area contributed by atoms with Crippen LogP contribution in [0.4, 0.5) is 0 Å². The minimum absolute atomic E-state index is 0.0505. The van der Waals surface area contributed by atoms with E-state index >= 15 is 0 Å². The van der Waals surface area contributed by atoms with Crippen molar-refractivity contribution in [2.24, 2.45) is 0 Å². The Hall–Kier alpha value is -1.78. The number of aromatic nitrogens is 6. The molecule has 1 aliphatic carbocycles. The van der Waals surface area contributed by atoms with Gasteiger partial charge in [0.05, 0.1) is 24.3 Å². The maximum absolute atomic E-state index is 13.3. The quantitative estimate of drug-likeness (QED) is 0.388. The number of fused-ring (bicyclic) bond motifs is 3. The Labute approximate surface area is 171 Å². The van der Waals surface area contributed by atoms with E-state index in [9.17, 15) is 4.79 Å². The minimum atomic E-state index is 0.0505. The van der Waals surface area contributed by atoms with E-state index in [1.165, 1.54) is 22.2 Å². The van der Waals surface area contributed by atoms with Crippen LogP contribution in [0.5, 0.6) is 0 Å². The highest BCUT2D eigenvalue weighted by Gasteiger charge is 2.23. The first-order valence-corrected chi connectivity index (χ1v) is 11.4. The summed E-state index contributed by atoms with van der Waals surface area (Å²) in [6, 6.07) is 0. The molecule has 28 heavy (non-hydrogen) atoms. The fraction of sp³-hybridized carbons (Fsp3) is 0.611. The molecular formula is C18H24N6O2S2. The van der Waals surface area contributed by atoms with Crippen molar-refractivity contribution in [3.8, 4) is 0 Å². The summed E-state index contributed by atoms with van der Waals surface area (Å²) in [7, 11) is 1.65. The molecule has 0 amide bonds. The van der Waals surface area contributed by atoms with Crippen LogP contribution < -0.4 is 5.56 Å². The van der Waals surface area contributed by atoms with Crippen LogP contribution in [-0.4, -0.2) is 43.5 Å². The van der Waals surface area contributed by atoms with Crippen molar-refractivity contribution in [3.05, 3.63) is 26.6 Å². The number of thioether (sulfide) groups is 1. The van der Waals surface area contributed by atoms with Gasteiger partial charge in [-0.1, -0.05) is 25.1 Å². The SMILES string of the molecule is CCCCn1nnnc1CSc1nc2sc3c(c2c(=O)n1CCOC)CCC3. The summed E-state index contributed by atoms with van der Waals surface area (Å²) in [6.45, 7) is 3.91. The second-order valence-corrected chi connectivity index (χ2v) is 8.87. The fourth-order valence-corrected chi connectivity index (χ4v) is 5.75. The van der Waals surface area contributed by atoms with Gasteiger partial charge >= 0.3 is 0 Å². The Balaban J connectivity index is 1.66. The van der Waals surface area contributed by atoms with E-state index in [2.05, 4.69) is 22.4 Å². The summed E-state index contributed by atoms with van der Waals surface area (Å²) >= 11 is 3.18. The first-order chi connectivity index (χ1) is 13.7. The molecule has 0 aliphatic heterocycles. The third kappa shape index (κ3) is 3.72. The van der Waals surface area contributed by atoms with E-state index in [0.717, 1.165) is 54.7 Å². The van der Waals surface area contributed by atoms with Crippen LogP contribution in [-0.2, 0) is 36.4 Å². The largest absolute Gasteiger partial charge is 0.383 e. The molecule has 0 atom stereocenters. The van der Waals surface area contributed by atoms with Crippen molar-refractivity contribution in [1.82, 2.24) is 29.8 Å². The standard InChI is InChI=1S/C18H24N6O2S2/c1-3-4-8-24-14(20-21-22-24)11-27-18-19-16-15(12-6-5-7-13(12)28-16)17(25)23(18)9-10-26-2/h3-11H2,1-2H3. The van der Waals surface area contributed by atoms with Crippen LogP contribution in [0.2, 0.25) is 0 Å². The van der Waals surface area contributed by atoms with Gasteiger partial charge in [-0.2, -0.15) is 0 Å². The maximum Gasteiger partial charge on any atom is 0.263 e. The van der Waals surface area contributed by atoms with Crippen molar-refractivity contribution < 1.29 is 4.74 Å². The van der Waals surface area contributed by atoms with Crippen LogP contribution in [0.3, 0.4) is 0 Å². The van der Waals surface area contributed by atoms with Gasteiger partial charge in [0.2, 0.25) is 0 Å². The van der Waals surface area contributed by atoms with Gasteiger partial charge in [0.15, 0.2) is 11.0 Å². The van der Waals surface area contributed by atoms with Crippen molar-refractivity contribution in [2.45, 2.75) is 63.0 Å². The number of thiophene rings is 1. The lowest BCUT2D eigenvalue weighted by Gasteiger charge is -2.12. The third-order valence-corrected chi connectivity index (χ3v) is 7.13. The van der Waals surface area contributed by atoms with Crippen molar-refractivity contribution in [3.63, 3.8) is 0 Å². The summed E-state index contributed by atoms with van der Waals surface area (Å²) in [6.07, 6.45) is 5.29. The lowest BCUT2D eigenvalue weighted by molar-refractivity contribution is 0.183. The molecule has 0 bridgehead atoms.